The lowest BCUT2D eigenvalue weighted by Crippen LogP contribution is -2.51. The van der Waals surface area contributed by atoms with Crippen molar-refractivity contribution >= 4 is 23.6 Å². The number of aliphatic carboxylic acids is 1. The van der Waals surface area contributed by atoms with Crippen molar-refractivity contribution in [3.8, 4) is 0 Å². The van der Waals surface area contributed by atoms with Crippen LogP contribution in [0.5, 0.6) is 0 Å². The predicted octanol–water partition coefficient (Wildman–Crippen LogP) is 1.22. The van der Waals surface area contributed by atoms with Gasteiger partial charge in [-0.15, -0.1) is 11.8 Å². The lowest BCUT2D eigenvalue weighted by Gasteiger charge is -2.26. The van der Waals surface area contributed by atoms with Gasteiger partial charge in [0.1, 0.15) is 6.04 Å². The van der Waals surface area contributed by atoms with Crippen LogP contribution in [0, 0.1) is 6.92 Å². The smallest absolute Gasteiger partial charge is 0.327 e. The minimum absolute atomic E-state index is 0.179. The molecule has 2 rings (SSSR count). The Morgan fingerprint density at radius 3 is 2.83 bits per heavy atom. The van der Waals surface area contributed by atoms with Crippen molar-refractivity contribution in [3.05, 3.63) is 35.4 Å². The molecule has 1 aliphatic rings. The highest BCUT2D eigenvalue weighted by molar-refractivity contribution is 8.00. The molecule has 0 aromatic heterocycles. The van der Waals surface area contributed by atoms with Crippen LogP contribution >= 0.6 is 11.8 Å². The average molecular weight is 265 g/mol. The minimum atomic E-state index is -0.967. The van der Waals surface area contributed by atoms with Gasteiger partial charge in [0.15, 0.2) is 0 Å². The summed E-state index contributed by atoms with van der Waals surface area (Å²) in [5, 5.41) is 11.2. The third kappa shape index (κ3) is 2.85. The second-order valence-electron chi connectivity index (χ2n) is 4.35. The molecule has 1 heterocycles. The monoisotopic (exact) mass is 265 g/mol. The summed E-state index contributed by atoms with van der Waals surface area (Å²) in [6.45, 7) is 2.01. The fourth-order valence-corrected chi connectivity index (χ4v) is 3.09. The Morgan fingerprint density at radius 2 is 2.22 bits per heavy atom. The number of carboxylic acids is 1. The van der Waals surface area contributed by atoms with E-state index in [-0.39, 0.29) is 11.2 Å². The summed E-state index contributed by atoms with van der Waals surface area (Å²) in [4.78, 5) is 22.6. The van der Waals surface area contributed by atoms with Gasteiger partial charge in [0.05, 0.1) is 5.25 Å². The summed E-state index contributed by atoms with van der Waals surface area (Å²) in [6.07, 6.45) is 0.648. The van der Waals surface area contributed by atoms with Gasteiger partial charge in [-0.2, -0.15) is 0 Å². The van der Waals surface area contributed by atoms with Crippen LogP contribution in [0.15, 0.2) is 24.3 Å². The SMILES string of the molecule is Cc1ccccc1C[C@@H]1SC[C@@H](C(=O)O)NC1=O. The van der Waals surface area contributed by atoms with Gasteiger partial charge in [0.2, 0.25) is 5.91 Å². The fraction of sp³-hybridized carbons (Fsp3) is 0.385. The summed E-state index contributed by atoms with van der Waals surface area (Å²) in [6, 6.07) is 7.18. The molecule has 2 N–H and O–H groups in total. The minimum Gasteiger partial charge on any atom is -0.480 e. The number of carbonyl (C=O) groups is 2. The average Bonchev–Trinajstić information content (AvgIpc) is 2.34. The fourth-order valence-electron chi connectivity index (χ4n) is 1.92. The number of rotatable bonds is 3. The van der Waals surface area contributed by atoms with Crippen molar-refractivity contribution in [2.75, 3.05) is 5.75 Å². The van der Waals surface area contributed by atoms with Crippen LogP contribution < -0.4 is 5.32 Å². The third-order valence-corrected chi connectivity index (χ3v) is 4.35. The number of aryl methyl sites for hydroxylation is 1. The van der Waals surface area contributed by atoms with E-state index < -0.39 is 12.0 Å². The van der Waals surface area contributed by atoms with Gasteiger partial charge >= 0.3 is 5.97 Å². The second kappa shape index (κ2) is 5.44. The normalized spacial score (nSPS) is 23.5. The molecule has 2 atom stereocenters. The Hall–Kier alpha value is -1.49. The number of nitrogens with one attached hydrogen (secondary N) is 1. The number of carboxylic acid groups (broad SMARTS) is 1. The molecule has 1 aromatic rings. The van der Waals surface area contributed by atoms with E-state index in [2.05, 4.69) is 5.32 Å². The van der Waals surface area contributed by atoms with Crippen molar-refractivity contribution in [2.24, 2.45) is 0 Å². The Bertz CT molecular complexity index is 475. The van der Waals surface area contributed by atoms with E-state index in [0.29, 0.717) is 12.2 Å². The van der Waals surface area contributed by atoms with E-state index >= 15 is 0 Å². The van der Waals surface area contributed by atoms with E-state index in [9.17, 15) is 9.59 Å². The van der Waals surface area contributed by atoms with Crippen LogP contribution in [-0.2, 0) is 16.0 Å². The number of benzene rings is 1. The molecule has 0 spiro atoms. The summed E-state index contributed by atoms with van der Waals surface area (Å²) in [7, 11) is 0. The van der Waals surface area contributed by atoms with Gasteiger partial charge in [-0.25, -0.2) is 4.79 Å². The van der Waals surface area contributed by atoms with E-state index in [1.165, 1.54) is 11.8 Å². The molecule has 1 amide bonds. The molecular weight excluding hydrogens is 250 g/mol. The first-order valence-corrected chi connectivity index (χ1v) is 6.82. The summed E-state index contributed by atoms with van der Waals surface area (Å²) in [5.74, 6) is -0.718. The molecule has 0 aliphatic carbocycles. The largest absolute Gasteiger partial charge is 0.480 e. The topological polar surface area (TPSA) is 66.4 Å². The zero-order valence-electron chi connectivity index (χ0n) is 10.1. The van der Waals surface area contributed by atoms with Crippen molar-refractivity contribution in [1.82, 2.24) is 5.32 Å². The first-order valence-electron chi connectivity index (χ1n) is 5.77. The zero-order chi connectivity index (χ0) is 13.1. The number of carbonyl (C=O) groups excluding carboxylic acids is 1. The number of thioether (sulfide) groups is 1. The maximum Gasteiger partial charge on any atom is 0.327 e. The summed E-state index contributed by atoms with van der Waals surface area (Å²) < 4.78 is 0. The van der Waals surface area contributed by atoms with Gasteiger partial charge in [0.25, 0.3) is 0 Å². The molecule has 5 heteroatoms. The van der Waals surface area contributed by atoms with Crippen molar-refractivity contribution < 1.29 is 14.7 Å². The first-order chi connectivity index (χ1) is 8.58. The van der Waals surface area contributed by atoms with Crippen molar-refractivity contribution in [2.45, 2.75) is 24.6 Å². The molecule has 18 heavy (non-hydrogen) atoms. The highest BCUT2D eigenvalue weighted by atomic mass is 32.2. The predicted molar refractivity (Wildman–Crippen MR) is 70.7 cm³/mol. The van der Waals surface area contributed by atoms with Gasteiger partial charge in [0, 0.05) is 5.75 Å². The van der Waals surface area contributed by atoms with Crippen LogP contribution in [0.25, 0.3) is 0 Å². The second-order valence-corrected chi connectivity index (χ2v) is 5.59. The molecule has 0 saturated carbocycles. The highest BCUT2D eigenvalue weighted by Gasteiger charge is 2.32. The lowest BCUT2D eigenvalue weighted by molar-refractivity contribution is -0.141. The maximum absolute atomic E-state index is 11.8. The first kappa shape index (κ1) is 13.0. The molecule has 96 valence electrons. The van der Waals surface area contributed by atoms with Crippen molar-refractivity contribution in [1.29, 1.82) is 0 Å². The van der Waals surface area contributed by atoms with Crippen LogP contribution in [0.4, 0.5) is 0 Å². The molecular formula is C13H15NO3S. The number of hydrogen-bond acceptors (Lipinski definition) is 3. The van der Waals surface area contributed by atoms with Crippen LogP contribution in [0.1, 0.15) is 11.1 Å². The van der Waals surface area contributed by atoms with Crippen molar-refractivity contribution in [3.63, 3.8) is 0 Å². The zero-order valence-corrected chi connectivity index (χ0v) is 10.9. The summed E-state index contributed by atoms with van der Waals surface area (Å²) >= 11 is 1.42. The molecule has 0 radical (unpaired) electrons. The Kier molecular flexibility index (Phi) is 3.91. The van der Waals surface area contributed by atoms with Gasteiger partial charge in [-0.1, -0.05) is 24.3 Å². The molecule has 1 saturated heterocycles. The Labute approximate surface area is 110 Å². The maximum atomic E-state index is 11.8. The van der Waals surface area contributed by atoms with E-state index in [4.69, 9.17) is 5.11 Å². The van der Waals surface area contributed by atoms with E-state index in [0.717, 1.165) is 11.1 Å². The van der Waals surface area contributed by atoms with E-state index in [1.54, 1.807) is 0 Å². The van der Waals surface area contributed by atoms with Crippen LogP contribution in [0.2, 0.25) is 0 Å². The Morgan fingerprint density at radius 1 is 1.50 bits per heavy atom. The standard InChI is InChI=1S/C13H15NO3S/c1-8-4-2-3-5-9(8)6-11-12(15)14-10(7-18-11)13(16)17/h2-5,10-11H,6-7H2,1H3,(H,14,15)(H,16,17)/t10-,11-/m0/s1. The highest BCUT2D eigenvalue weighted by Crippen LogP contribution is 2.23. The summed E-state index contributed by atoms with van der Waals surface area (Å²) in [5.41, 5.74) is 2.30. The van der Waals surface area contributed by atoms with Crippen LogP contribution in [-0.4, -0.2) is 34.0 Å². The molecule has 4 nitrogen and oxygen atoms in total. The van der Waals surface area contributed by atoms with Gasteiger partial charge in [-0.3, -0.25) is 4.79 Å². The van der Waals surface area contributed by atoms with E-state index in [1.807, 2.05) is 31.2 Å². The quantitative estimate of drug-likeness (QED) is 0.862. The van der Waals surface area contributed by atoms with Crippen LogP contribution in [0.3, 0.4) is 0 Å². The number of amides is 1. The lowest BCUT2D eigenvalue weighted by atomic mass is 10.0. The molecule has 0 unspecified atom stereocenters. The number of hydrogen-bond donors (Lipinski definition) is 2. The molecule has 1 aliphatic heterocycles. The Balaban J connectivity index is 2.02. The molecule has 0 bridgehead atoms. The molecule has 1 fully saturated rings. The van der Waals surface area contributed by atoms with Gasteiger partial charge < -0.3 is 10.4 Å². The van der Waals surface area contributed by atoms with Gasteiger partial charge in [-0.05, 0) is 24.5 Å². The third-order valence-electron chi connectivity index (χ3n) is 3.04. The molecule has 1 aromatic carbocycles.